The maximum atomic E-state index is 12.5. The van der Waals surface area contributed by atoms with E-state index in [1.165, 1.54) is 12.1 Å². The third-order valence-electron chi connectivity index (χ3n) is 5.16. The second kappa shape index (κ2) is 10.2. The van der Waals surface area contributed by atoms with Crippen molar-refractivity contribution in [2.45, 2.75) is 24.3 Å². The zero-order chi connectivity index (χ0) is 24.1. The van der Waals surface area contributed by atoms with Gasteiger partial charge in [0.2, 0.25) is 21.8 Å². The maximum Gasteiger partial charge on any atom is 0.238 e. The Kier molecular flexibility index (Phi) is 7.12. The molecule has 0 aliphatic carbocycles. The number of rotatable bonds is 8. The maximum absolute atomic E-state index is 12.5. The molecule has 1 aromatic heterocycles. The number of aromatic nitrogens is 1. The molecule has 174 valence electrons. The predicted molar refractivity (Wildman–Crippen MR) is 130 cm³/mol. The van der Waals surface area contributed by atoms with E-state index in [1.807, 2.05) is 42.5 Å². The summed E-state index contributed by atoms with van der Waals surface area (Å²) in [4.78, 5) is 17.2. The van der Waals surface area contributed by atoms with E-state index in [9.17, 15) is 13.2 Å². The molecule has 0 radical (unpaired) electrons. The highest BCUT2D eigenvalue weighted by atomic mass is 35.5. The average Bonchev–Trinajstić information content (AvgIpc) is 3.26. The van der Waals surface area contributed by atoms with Crippen LogP contribution in [-0.4, -0.2) is 19.3 Å². The summed E-state index contributed by atoms with van der Waals surface area (Å²) in [6.07, 6.45) is 0.549. The number of carbonyl (C=O) groups excluding carboxylic acids is 1. The van der Waals surface area contributed by atoms with Crippen LogP contribution >= 0.6 is 11.6 Å². The van der Waals surface area contributed by atoms with Gasteiger partial charge in [0, 0.05) is 35.5 Å². The molecule has 4 aromatic rings. The summed E-state index contributed by atoms with van der Waals surface area (Å²) in [5.74, 6) is 0.917. The molecule has 1 amide bonds. The van der Waals surface area contributed by atoms with Crippen molar-refractivity contribution in [2.24, 2.45) is 5.14 Å². The van der Waals surface area contributed by atoms with Gasteiger partial charge in [-0.1, -0.05) is 54.1 Å². The first-order valence-electron chi connectivity index (χ1n) is 10.5. The highest BCUT2D eigenvalue weighted by Gasteiger charge is 2.17. The summed E-state index contributed by atoms with van der Waals surface area (Å²) in [6.45, 7) is 0.263. The van der Waals surface area contributed by atoms with E-state index in [0.29, 0.717) is 28.8 Å². The number of halogens is 1. The second-order valence-electron chi connectivity index (χ2n) is 7.63. The van der Waals surface area contributed by atoms with Crippen molar-refractivity contribution in [1.29, 1.82) is 0 Å². The zero-order valence-corrected chi connectivity index (χ0v) is 19.6. The third kappa shape index (κ3) is 5.91. The van der Waals surface area contributed by atoms with E-state index in [0.717, 1.165) is 16.7 Å². The number of sulfonamides is 1. The fourth-order valence-electron chi connectivity index (χ4n) is 3.37. The highest BCUT2D eigenvalue weighted by Crippen LogP contribution is 2.30. The zero-order valence-electron chi connectivity index (χ0n) is 18.1. The molecule has 0 atom stereocenters. The van der Waals surface area contributed by atoms with Gasteiger partial charge in [-0.05, 0) is 42.0 Å². The smallest absolute Gasteiger partial charge is 0.238 e. The van der Waals surface area contributed by atoms with Crippen LogP contribution in [0.5, 0.6) is 0 Å². The molecule has 3 N–H and O–H groups in total. The summed E-state index contributed by atoms with van der Waals surface area (Å²) >= 11 is 6.03. The molecule has 0 saturated heterocycles. The van der Waals surface area contributed by atoms with Crippen LogP contribution < -0.4 is 10.5 Å². The van der Waals surface area contributed by atoms with E-state index in [1.54, 1.807) is 24.3 Å². The van der Waals surface area contributed by atoms with Crippen molar-refractivity contribution in [3.63, 3.8) is 0 Å². The molecule has 34 heavy (non-hydrogen) atoms. The fourth-order valence-corrected chi connectivity index (χ4v) is 4.01. The molecule has 0 aliphatic rings. The van der Waals surface area contributed by atoms with Gasteiger partial charge in [-0.15, -0.1) is 0 Å². The van der Waals surface area contributed by atoms with Crippen molar-refractivity contribution in [3.8, 4) is 22.7 Å². The first kappa shape index (κ1) is 23.7. The number of primary sulfonamides is 1. The molecule has 4 rings (SSSR count). The number of carbonyl (C=O) groups is 1. The molecular formula is C25H22ClN3O4S. The summed E-state index contributed by atoms with van der Waals surface area (Å²) < 4.78 is 28.8. The van der Waals surface area contributed by atoms with E-state index in [2.05, 4.69) is 10.3 Å². The van der Waals surface area contributed by atoms with Crippen LogP contribution in [0.15, 0.2) is 88.2 Å². The summed E-state index contributed by atoms with van der Waals surface area (Å²) in [5.41, 5.74) is 3.12. The van der Waals surface area contributed by atoms with Crippen LogP contribution in [-0.2, 0) is 27.8 Å². The lowest BCUT2D eigenvalue weighted by molar-refractivity contribution is -0.121. The molecule has 0 fully saturated rings. The van der Waals surface area contributed by atoms with Crippen molar-refractivity contribution in [2.75, 3.05) is 0 Å². The van der Waals surface area contributed by atoms with Gasteiger partial charge in [0.25, 0.3) is 0 Å². The molecule has 0 spiro atoms. The van der Waals surface area contributed by atoms with Crippen molar-refractivity contribution in [3.05, 3.63) is 95.2 Å². The number of aryl methyl sites for hydroxylation is 1. The van der Waals surface area contributed by atoms with Crippen molar-refractivity contribution >= 4 is 27.5 Å². The van der Waals surface area contributed by atoms with Crippen LogP contribution in [0, 0.1) is 0 Å². The first-order chi connectivity index (χ1) is 16.3. The van der Waals surface area contributed by atoms with Gasteiger partial charge >= 0.3 is 0 Å². The molecule has 3 aromatic carbocycles. The van der Waals surface area contributed by atoms with Gasteiger partial charge in [0.05, 0.1) is 4.90 Å². The molecular weight excluding hydrogens is 474 g/mol. The topological polar surface area (TPSA) is 115 Å². The quantitative estimate of drug-likeness (QED) is 0.372. The second-order valence-corrected chi connectivity index (χ2v) is 9.63. The van der Waals surface area contributed by atoms with Crippen LogP contribution in [0.1, 0.15) is 17.7 Å². The van der Waals surface area contributed by atoms with Gasteiger partial charge < -0.3 is 9.73 Å². The SMILES string of the molecule is NS(=O)(=O)c1ccc(CNC(=O)CCc2oc(-c3ccccc3)nc2-c2ccc(Cl)cc2)cc1. The Morgan fingerprint density at radius 1 is 0.941 bits per heavy atom. The van der Waals surface area contributed by atoms with Crippen molar-refractivity contribution < 1.29 is 17.6 Å². The van der Waals surface area contributed by atoms with Crippen LogP contribution in [0.3, 0.4) is 0 Å². The largest absolute Gasteiger partial charge is 0.440 e. The molecule has 0 unspecified atom stereocenters. The number of benzene rings is 3. The third-order valence-corrected chi connectivity index (χ3v) is 6.34. The van der Waals surface area contributed by atoms with Gasteiger partial charge in [0.15, 0.2) is 0 Å². The minimum absolute atomic E-state index is 0.0249. The molecule has 1 heterocycles. The molecule has 7 nitrogen and oxygen atoms in total. The Morgan fingerprint density at radius 2 is 1.62 bits per heavy atom. The van der Waals surface area contributed by atoms with Crippen LogP contribution in [0.2, 0.25) is 5.02 Å². The first-order valence-corrected chi connectivity index (χ1v) is 12.4. The lowest BCUT2D eigenvalue weighted by atomic mass is 10.1. The lowest BCUT2D eigenvalue weighted by Gasteiger charge is -2.06. The van der Waals surface area contributed by atoms with Gasteiger partial charge in [-0.2, -0.15) is 0 Å². The van der Waals surface area contributed by atoms with Crippen molar-refractivity contribution in [1.82, 2.24) is 10.3 Å². The normalized spacial score (nSPS) is 11.4. The molecule has 9 heteroatoms. The Balaban J connectivity index is 1.45. The highest BCUT2D eigenvalue weighted by molar-refractivity contribution is 7.89. The molecule has 0 saturated carbocycles. The van der Waals surface area contributed by atoms with E-state index >= 15 is 0 Å². The Labute approximate surface area is 202 Å². The van der Waals surface area contributed by atoms with Gasteiger partial charge in [-0.3, -0.25) is 4.79 Å². The fraction of sp³-hybridized carbons (Fsp3) is 0.120. The predicted octanol–water partition coefficient (Wildman–Crippen LogP) is 4.56. The summed E-state index contributed by atoms with van der Waals surface area (Å²) in [5, 5.41) is 8.56. The standard InChI is InChI=1S/C25H22ClN3O4S/c26-20-10-8-18(9-11-20)24-22(33-25(29-24)19-4-2-1-3-5-19)14-15-23(30)28-16-17-6-12-21(13-7-17)34(27,31)32/h1-13H,14-16H2,(H,28,30)(H2,27,31,32). The number of nitrogens with two attached hydrogens (primary N) is 1. The van der Waals surface area contributed by atoms with Gasteiger partial charge in [-0.25, -0.2) is 18.5 Å². The lowest BCUT2D eigenvalue weighted by Crippen LogP contribution is -2.23. The minimum atomic E-state index is -3.75. The van der Waals surface area contributed by atoms with E-state index < -0.39 is 10.0 Å². The van der Waals surface area contributed by atoms with E-state index in [4.69, 9.17) is 21.2 Å². The number of amides is 1. The number of nitrogens with one attached hydrogen (secondary N) is 1. The Bertz CT molecular complexity index is 1380. The molecule has 0 aliphatic heterocycles. The van der Waals surface area contributed by atoms with E-state index in [-0.39, 0.29) is 23.8 Å². The van der Waals surface area contributed by atoms with Crippen LogP contribution in [0.25, 0.3) is 22.7 Å². The number of oxazole rings is 1. The van der Waals surface area contributed by atoms with Crippen LogP contribution in [0.4, 0.5) is 0 Å². The number of nitrogens with zero attached hydrogens (tertiary/aromatic N) is 1. The average molecular weight is 496 g/mol. The van der Waals surface area contributed by atoms with Gasteiger partial charge in [0.1, 0.15) is 11.5 Å². The Hall–Kier alpha value is -3.46. The molecule has 0 bridgehead atoms. The summed E-state index contributed by atoms with van der Waals surface area (Å²) in [7, 11) is -3.75. The monoisotopic (exact) mass is 495 g/mol. The minimum Gasteiger partial charge on any atom is -0.440 e. The summed E-state index contributed by atoms with van der Waals surface area (Å²) in [6, 6.07) is 22.9. The number of hydrogen-bond donors (Lipinski definition) is 2. The Morgan fingerprint density at radius 3 is 2.26 bits per heavy atom. The number of hydrogen-bond acceptors (Lipinski definition) is 5.